The van der Waals surface area contributed by atoms with Gasteiger partial charge in [0, 0.05) is 37.2 Å². The predicted octanol–water partition coefficient (Wildman–Crippen LogP) is 4.41. The Morgan fingerprint density at radius 2 is 1.78 bits per heavy atom. The second-order valence-electron chi connectivity index (χ2n) is 9.25. The van der Waals surface area contributed by atoms with Crippen molar-refractivity contribution in [3.63, 3.8) is 0 Å². The van der Waals surface area contributed by atoms with Crippen LogP contribution < -0.4 is 5.32 Å². The van der Waals surface area contributed by atoms with Crippen LogP contribution in [0.4, 0.5) is 0 Å². The van der Waals surface area contributed by atoms with Crippen molar-refractivity contribution >= 4 is 5.91 Å². The second kappa shape index (κ2) is 9.61. The summed E-state index contributed by atoms with van der Waals surface area (Å²) in [6.45, 7) is 8.49. The van der Waals surface area contributed by atoms with Crippen LogP contribution in [-0.2, 0) is 17.8 Å². The topological polar surface area (TPSA) is 58.1 Å². The molecule has 1 atom stereocenters. The van der Waals surface area contributed by atoms with Gasteiger partial charge in [0.05, 0.1) is 11.1 Å². The Balaban J connectivity index is 1.52. The van der Waals surface area contributed by atoms with Gasteiger partial charge in [-0.2, -0.15) is 0 Å². The van der Waals surface area contributed by atoms with E-state index in [0.717, 1.165) is 55.0 Å². The normalized spacial score (nSPS) is 18.8. The largest absolute Gasteiger partial charge is 0.353 e. The molecule has 3 aromatic rings. The Morgan fingerprint density at radius 1 is 1.06 bits per heavy atom. The van der Waals surface area contributed by atoms with Crippen LogP contribution in [0.3, 0.4) is 0 Å². The number of amides is 1. The lowest BCUT2D eigenvalue weighted by atomic mass is 9.79. The molecule has 1 saturated heterocycles. The fourth-order valence-electron chi connectivity index (χ4n) is 4.59. The highest BCUT2D eigenvalue weighted by atomic mass is 16.2. The van der Waals surface area contributed by atoms with E-state index < -0.39 is 5.41 Å². The molecule has 2 aromatic heterocycles. The molecular weight excluding hydrogens is 396 g/mol. The van der Waals surface area contributed by atoms with Crippen LogP contribution in [0.25, 0.3) is 11.1 Å². The number of carbonyl (C=O) groups excluding carboxylic acids is 1. The van der Waals surface area contributed by atoms with E-state index in [4.69, 9.17) is 0 Å². The fraction of sp³-hybridized carbons (Fsp3) is 0.370. The Labute approximate surface area is 190 Å². The van der Waals surface area contributed by atoms with E-state index in [9.17, 15) is 4.79 Å². The van der Waals surface area contributed by atoms with Crippen molar-refractivity contribution in [2.75, 3.05) is 13.1 Å². The van der Waals surface area contributed by atoms with Gasteiger partial charge in [-0.05, 0) is 81.1 Å². The summed E-state index contributed by atoms with van der Waals surface area (Å²) < 4.78 is 0. The molecule has 0 spiro atoms. The van der Waals surface area contributed by atoms with Crippen molar-refractivity contribution in [3.05, 3.63) is 83.9 Å². The second-order valence-corrected chi connectivity index (χ2v) is 9.25. The molecule has 0 bridgehead atoms. The highest BCUT2D eigenvalue weighted by Crippen LogP contribution is 2.36. The number of hydrogen-bond acceptors (Lipinski definition) is 4. The number of benzene rings is 1. The van der Waals surface area contributed by atoms with E-state index in [1.165, 1.54) is 5.56 Å². The molecule has 1 N–H and O–H groups in total. The van der Waals surface area contributed by atoms with Crippen LogP contribution in [0.5, 0.6) is 0 Å². The van der Waals surface area contributed by atoms with Crippen molar-refractivity contribution in [3.8, 4) is 11.1 Å². The minimum absolute atomic E-state index is 0.126. The number of nitrogens with zero attached hydrogens (tertiary/aromatic N) is 3. The Hall–Kier alpha value is -3.05. The number of rotatable bonds is 7. The van der Waals surface area contributed by atoms with Crippen LogP contribution in [0.2, 0.25) is 0 Å². The molecule has 0 saturated carbocycles. The molecule has 4 rings (SSSR count). The lowest BCUT2D eigenvalue weighted by Crippen LogP contribution is -2.46. The molecule has 1 aliphatic heterocycles. The minimum atomic E-state index is -0.424. The van der Waals surface area contributed by atoms with E-state index in [1.807, 2.05) is 51.4 Å². The third-order valence-electron chi connectivity index (χ3n) is 6.18. The van der Waals surface area contributed by atoms with Gasteiger partial charge in [-0.15, -0.1) is 0 Å². The average Bonchev–Trinajstić information content (AvgIpc) is 3.18. The zero-order valence-electron chi connectivity index (χ0n) is 19.2. The van der Waals surface area contributed by atoms with Crippen LogP contribution in [-0.4, -0.2) is 39.9 Å². The summed E-state index contributed by atoms with van der Waals surface area (Å²) in [4.78, 5) is 24.5. The molecule has 5 nitrogen and oxygen atoms in total. The predicted molar refractivity (Wildman–Crippen MR) is 128 cm³/mol. The number of aryl methyl sites for hydroxylation is 1. The molecular formula is C27H32N4O. The van der Waals surface area contributed by atoms with Gasteiger partial charge >= 0.3 is 0 Å². The summed E-state index contributed by atoms with van der Waals surface area (Å²) in [5.41, 5.74) is 5.17. The summed E-state index contributed by atoms with van der Waals surface area (Å²) in [5.74, 6) is 0.158. The summed E-state index contributed by atoms with van der Waals surface area (Å²) in [5, 5.41) is 3.19. The van der Waals surface area contributed by atoms with Gasteiger partial charge in [0.2, 0.25) is 5.91 Å². The number of likely N-dealkylation sites (tertiary alicyclic amines) is 1. The van der Waals surface area contributed by atoms with E-state index in [1.54, 1.807) is 0 Å². The van der Waals surface area contributed by atoms with Crippen molar-refractivity contribution in [2.45, 2.75) is 46.2 Å². The SMILES string of the molecule is Cc1cccc(CN2CC[C@@](Cc3ccc(-c4ccncc4)cc3)(C(=O)NC(C)C)C2)n1. The van der Waals surface area contributed by atoms with Gasteiger partial charge < -0.3 is 5.32 Å². The number of aromatic nitrogens is 2. The lowest BCUT2D eigenvalue weighted by molar-refractivity contribution is -0.131. The summed E-state index contributed by atoms with van der Waals surface area (Å²) >= 11 is 0. The van der Waals surface area contributed by atoms with E-state index in [0.29, 0.717) is 0 Å². The molecule has 1 aliphatic rings. The third-order valence-corrected chi connectivity index (χ3v) is 6.18. The molecule has 0 radical (unpaired) electrons. The monoisotopic (exact) mass is 428 g/mol. The van der Waals surface area contributed by atoms with Gasteiger partial charge in [0.15, 0.2) is 0 Å². The maximum Gasteiger partial charge on any atom is 0.228 e. The quantitative estimate of drug-likeness (QED) is 0.606. The van der Waals surface area contributed by atoms with Gasteiger partial charge in [0.1, 0.15) is 0 Å². The fourth-order valence-corrected chi connectivity index (χ4v) is 4.59. The molecule has 32 heavy (non-hydrogen) atoms. The molecule has 1 aromatic carbocycles. The van der Waals surface area contributed by atoms with Crippen molar-refractivity contribution in [1.82, 2.24) is 20.2 Å². The molecule has 166 valence electrons. The van der Waals surface area contributed by atoms with Gasteiger partial charge in [0.25, 0.3) is 0 Å². The summed E-state index contributed by atoms with van der Waals surface area (Å²) in [6.07, 6.45) is 5.21. The van der Waals surface area contributed by atoms with E-state index in [-0.39, 0.29) is 11.9 Å². The zero-order valence-corrected chi connectivity index (χ0v) is 19.2. The number of carbonyl (C=O) groups is 1. The molecule has 1 fully saturated rings. The minimum Gasteiger partial charge on any atom is -0.353 e. The Bertz CT molecular complexity index is 1050. The van der Waals surface area contributed by atoms with Gasteiger partial charge in [-0.3, -0.25) is 19.7 Å². The highest BCUT2D eigenvalue weighted by molar-refractivity contribution is 5.84. The molecule has 5 heteroatoms. The van der Waals surface area contributed by atoms with E-state index >= 15 is 0 Å². The zero-order chi connectivity index (χ0) is 22.6. The van der Waals surface area contributed by atoms with Crippen molar-refractivity contribution in [2.24, 2.45) is 5.41 Å². The van der Waals surface area contributed by atoms with E-state index in [2.05, 4.69) is 56.6 Å². The van der Waals surface area contributed by atoms with Crippen LogP contribution in [0, 0.1) is 12.3 Å². The first-order valence-corrected chi connectivity index (χ1v) is 11.4. The standard InChI is InChI=1S/C27H32N4O/c1-20(2)29-26(32)27(13-16-31(19-27)18-25-6-4-5-21(3)30-25)17-22-7-9-23(10-8-22)24-11-14-28-15-12-24/h4-12,14-15,20H,13,16-19H2,1-3H3,(H,29,32)/t27-/m0/s1. The maximum absolute atomic E-state index is 13.4. The average molecular weight is 429 g/mol. The summed E-state index contributed by atoms with van der Waals surface area (Å²) in [7, 11) is 0. The first kappa shape index (κ1) is 22.2. The molecule has 3 heterocycles. The van der Waals surface area contributed by atoms with Gasteiger partial charge in [-0.1, -0.05) is 30.3 Å². The Kier molecular flexibility index (Phi) is 6.66. The van der Waals surface area contributed by atoms with Crippen molar-refractivity contribution in [1.29, 1.82) is 0 Å². The van der Waals surface area contributed by atoms with Crippen molar-refractivity contribution < 1.29 is 4.79 Å². The number of nitrogens with one attached hydrogen (secondary N) is 1. The lowest BCUT2D eigenvalue weighted by Gasteiger charge is -2.29. The summed E-state index contributed by atoms with van der Waals surface area (Å²) in [6, 6.07) is 18.9. The molecule has 0 unspecified atom stereocenters. The molecule has 0 aliphatic carbocycles. The third kappa shape index (κ3) is 5.22. The first-order chi connectivity index (χ1) is 15.4. The number of pyridine rings is 2. The Morgan fingerprint density at radius 3 is 2.47 bits per heavy atom. The van der Waals surface area contributed by atoms with Gasteiger partial charge in [-0.25, -0.2) is 0 Å². The van der Waals surface area contributed by atoms with Crippen LogP contribution in [0.1, 0.15) is 37.2 Å². The van der Waals surface area contributed by atoms with Crippen LogP contribution in [0.15, 0.2) is 67.0 Å². The maximum atomic E-state index is 13.4. The van der Waals surface area contributed by atoms with Crippen LogP contribution >= 0.6 is 0 Å². The first-order valence-electron chi connectivity index (χ1n) is 11.4. The number of hydrogen-bond donors (Lipinski definition) is 1. The smallest absolute Gasteiger partial charge is 0.228 e. The molecule has 1 amide bonds. The highest BCUT2D eigenvalue weighted by Gasteiger charge is 2.44.